The fourth-order valence-corrected chi connectivity index (χ4v) is 4.74. The van der Waals surface area contributed by atoms with Crippen LogP contribution >= 0.6 is 0 Å². The highest BCUT2D eigenvalue weighted by atomic mass is 19.1. The topological polar surface area (TPSA) is 72.1 Å². The molecule has 7 heteroatoms. The van der Waals surface area contributed by atoms with E-state index in [-0.39, 0.29) is 17.6 Å². The maximum Gasteiger partial charge on any atom is 0.292 e. The maximum absolute atomic E-state index is 13.4. The van der Waals surface area contributed by atoms with E-state index in [1.165, 1.54) is 12.1 Å². The summed E-state index contributed by atoms with van der Waals surface area (Å²) in [5.41, 5.74) is 4.61. The summed E-state index contributed by atoms with van der Waals surface area (Å²) in [7, 11) is 0. The van der Waals surface area contributed by atoms with Gasteiger partial charge in [0, 0.05) is 36.3 Å². The summed E-state index contributed by atoms with van der Waals surface area (Å²) >= 11 is 0. The quantitative estimate of drug-likeness (QED) is 0.625. The van der Waals surface area contributed by atoms with Gasteiger partial charge in [-0.3, -0.25) is 4.79 Å². The lowest BCUT2D eigenvalue weighted by molar-refractivity contribution is 0.0662. The van der Waals surface area contributed by atoms with Gasteiger partial charge in [-0.05, 0) is 63.1 Å². The molecule has 3 aromatic rings. The number of likely N-dealkylation sites (tertiary alicyclic amines) is 1. The number of aromatic nitrogens is 3. The summed E-state index contributed by atoms with van der Waals surface area (Å²) in [4.78, 5) is 24.3. The predicted octanol–water partition coefficient (Wildman–Crippen LogP) is 4.48. The van der Waals surface area contributed by atoms with E-state index in [2.05, 4.69) is 10.1 Å². The number of aryl methyl sites for hydroxylation is 2. The number of rotatable bonds is 3. The molecule has 0 bridgehead atoms. The second-order valence-electron chi connectivity index (χ2n) is 8.46. The van der Waals surface area contributed by atoms with Crippen molar-refractivity contribution >= 4 is 5.91 Å². The van der Waals surface area contributed by atoms with E-state index in [9.17, 15) is 9.18 Å². The second kappa shape index (κ2) is 8.21. The lowest BCUT2D eigenvalue weighted by Crippen LogP contribution is -2.39. The van der Waals surface area contributed by atoms with Crippen molar-refractivity contribution in [3.05, 3.63) is 64.8 Å². The minimum absolute atomic E-state index is 0.0746. The molecule has 6 nitrogen and oxygen atoms in total. The number of carbonyl (C=O) groups is 1. The molecule has 160 valence electrons. The van der Waals surface area contributed by atoms with E-state index in [1.807, 2.05) is 11.8 Å². The Morgan fingerprint density at radius 2 is 1.97 bits per heavy atom. The van der Waals surface area contributed by atoms with Crippen LogP contribution in [-0.2, 0) is 12.8 Å². The average Bonchev–Trinajstić information content (AvgIpc) is 3.23. The average molecular weight is 420 g/mol. The molecule has 0 spiro atoms. The molecule has 1 aromatic carbocycles. The molecule has 0 unspecified atom stereocenters. The van der Waals surface area contributed by atoms with Crippen molar-refractivity contribution in [1.82, 2.24) is 20.0 Å². The van der Waals surface area contributed by atoms with Crippen LogP contribution < -0.4 is 0 Å². The number of halogens is 1. The molecular formula is C24H25FN4O2. The summed E-state index contributed by atoms with van der Waals surface area (Å²) in [5.74, 6) is 0.831. The van der Waals surface area contributed by atoms with E-state index < -0.39 is 0 Å². The molecule has 0 saturated carbocycles. The van der Waals surface area contributed by atoms with Crippen LogP contribution in [-0.4, -0.2) is 39.0 Å². The minimum Gasteiger partial charge on any atom is -0.350 e. The third-order valence-corrected chi connectivity index (χ3v) is 6.34. The van der Waals surface area contributed by atoms with Crippen LogP contribution in [0.4, 0.5) is 4.39 Å². The van der Waals surface area contributed by atoms with Gasteiger partial charge in [0.2, 0.25) is 5.76 Å². The number of hydrogen-bond acceptors (Lipinski definition) is 5. The van der Waals surface area contributed by atoms with Gasteiger partial charge in [0.25, 0.3) is 5.91 Å². The maximum atomic E-state index is 13.4. The summed E-state index contributed by atoms with van der Waals surface area (Å²) in [5, 5.41) is 4.15. The molecule has 3 heterocycles. The van der Waals surface area contributed by atoms with Crippen LogP contribution in [0.25, 0.3) is 11.1 Å². The summed E-state index contributed by atoms with van der Waals surface area (Å²) < 4.78 is 18.9. The number of hydrogen-bond donors (Lipinski definition) is 0. The van der Waals surface area contributed by atoms with Gasteiger partial charge in [-0.1, -0.05) is 17.3 Å². The van der Waals surface area contributed by atoms with Crippen molar-refractivity contribution in [2.24, 2.45) is 0 Å². The molecule has 1 saturated heterocycles. The van der Waals surface area contributed by atoms with Gasteiger partial charge in [-0.25, -0.2) is 14.4 Å². The highest BCUT2D eigenvalue weighted by Gasteiger charge is 2.32. The van der Waals surface area contributed by atoms with Crippen LogP contribution in [0.1, 0.15) is 64.9 Å². The molecule has 1 atom stereocenters. The first kappa shape index (κ1) is 19.8. The molecule has 2 aliphatic rings. The van der Waals surface area contributed by atoms with Gasteiger partial charge in [0.05, 0.1) is 11.4 Å². The lowest BCUT2D eigenvalue weighted by Gasteiger charge is -2.33. The number of piperidine rings is 1. The van der Waals surface area contributed by atoms with E-state index in [0.717, 1.165) is 66.6 Å². The fourth-order valence-electron chi connectivity index (χ4n) is 4.74. The van der Waals surface area contributed by atoms with Crippen LogP contribution in [0, 0.1) is 12.7 Å². The standard InChI is InChI=1S/C24H25FN4O2/c1-15-26-13-20(16-8-10-18(25)11-9-16)22(27-15)17-5-4-12-29(14-17)24(30)23-19-6-2-3-7-21(19)28-31-23/h8-11,13,17H,2-7,12,14H2,1H3/t17-/m0/s1. The SMILES string of the molecule is Cc1ncc(-c2ccc(F)cc2)c([C@H]2CCCN(C(=O)c3onc4c3CCCC4)C2)n1. The summed E-state index contributed by atoms with van der Waals surface area (Å²) in [6, 6.07) is 6.39. The van der Waals surface area contributed by atoms with Crippen molar-refractivity contribution in [1.29, 1.82) is 0 Å². The Balaban J connectivity index is 1.43. The second-order valence-corrected chi connectivity index (χ2v) is 8.46. The molecule has 1 fully saturated rings. The normalized spacial score (nSPS) is 18.6. The van der Waals surface area contributed by atoms with Gasteiger partial charge >= 0.3 is 0 Å². The number of fused-ring (bicyclic) bond motifs is 1. The Kier molecular flexibility index (Phi) is 5.26. The number of amides is 1. The lowest BCUT2D eigenvalue weighted by atomic mass is 9.89. The summed E-state index contributed by atoms with van der Waals surface area (Å²) in [6.45, 7) is 3.13. The van der Waals surface area contributed by atoms with Crippen molar-refractivity contribution in [2.45, 2.75) is 51.4 Å². The number of carbonyl (C=O) groups excluding carboxylic acids is 1. The smallest absolute Gasteiger partial charge is 0.292 e. The van der Waals surface area contributed by atoms with E-state index in [4.69, 9.17) is 9.51 Å². The van der Waals surface area contributed by atoms with Crippen LogP contribution in [0.3, 0.4) is 0 Å². The molecule has 2 aromatic heterocycles. The Labute approximate surface area is 180 Å². The van der Waals surface area contributed by atoms with Gasteiger partial charge in [0.15, 0.2) is 0 Å². The molecule has 0 N–H and O–H groups in total. The zero-order valence-corrected chi connectivity index (χ0v) is 17.6. The van der Waals surface area contributed by atoms with E-state index in [0.29, 0.717) is 24.7 Å². The number of nitrogens with zero attached hydrogens (tertiary/aromatic N) is 4. The van der Waals surface area contributed by atoms with E-state index in [1.54, 1.807) is 18.3 Å². The van der Waals surface area contributed by atoms with Gasteiger partial charge in [-0.15, -0.1) is 0 Å². The molecule has 1 amide bonds. The van der Waals surface area contributed by atoms with Crippen molar-refractivity contribution in [3.63, 3.8) is 0 Å². The first-order chi connectivity index (χ1) is 15.1. The molecule has 1 aliphatic heterocycles. The highest BCUT2D eigenvalue weighted by molar-refractivity contribution is 5.93. The molecule has 1 aliphatic carbocycles. The van der Waals surface area contributed by atoms with Crippen LogP contribution in [0.15, 0.2) is 35.0 Å². The third kappa shape index (κ3) is 3.84. The van der Waals surface area contributed by atoms with Crippen molar-refractivity contribution in [3.8, 4) is 11.1 Å². The fraction of sp³-hybridized carbons (Fsp3) is 0.417. The molecular weight excluding hydrogens is 395 g/mol. The Bertz CT molecular complexity index is 1110. The van der Waals surface area contributed by atoms with Crippen LogP contribution in [0.5, 0.6) is 0 Å². The van der Waals surface area contributed by atoms with Gasteiger partial charge in [-0.2, -0.15) is 0 Å². The first-order valence-electron chi connectivity index (χ1n) is 11.0. The third-order valence-electron chi connectivity index (χ3n) is 6.34. The Hall–Kier alpha value is -3.09. The molecule has 0 radical (unpaired) electrons. The first-order valence-corrected chi connectivity index (χ1v) is 11.0. The van der Waals surface area contributed by atoms with E-state index >= 15 is 0 Å². The monoisotopic (exact) mass is 420 g/mol. The number of benzene rings is 1. The van der Waals surface area contributed by atoms with Crippen molar-refractivity contribution < 1.29 is 13.7 Å². The van der Waals surface area contributed by atoms with Gasteiger partial charge in [0.1, 0.15) is 11.6 Å². The Morgan fingerprint density at radius 1 is 1.16 bits per heavy atom. The van der Waals surface area contributed by atoms with Crippen LogP contribution in [0.2, 0.25) is 0 Å². The minimum atomic E-state index is -0.275. The van der Waals surface area contributed by atoms with Gasteiger partial charge < -0.3 is 9.42 Å². The molecule has 5 rings (SSSR count). The largest absolute Gasteiger partial charge is 0.350 e. The molecule has 31 heavy (non-hydrogen) atoms. The highest BCUT2D eigenvalue weighted by Crippen LogP contribution is 2.34. The zero-order valence-electron chi connectivity index (χ0n) is 17.6. The summed E-state index contributed by atoms with van der Waals surface area (Å²) in [6.07, 6.45) is 7.53. The Morgan fingerprint density at radius 3 is 2.81 bits per heavy atom. The predicted molar refractivity (Wildman–Crippen MR) is 113 cm³/mol. The zero-order chi connectivity index (χ0) is 21.4. The van der Waals surface area contributed by atoms with Crippen molar-refractivity contribution in [2.75, 3.05) is 13.1 Å².